The predicted octanol–water partition coefficient (Wildman–Crippen LogP) is 3.93. The molecule has 1 heterocycles. The highest BCUT2D eigenvalue weighted by Gasteiger charge is 2.06. The molecule has 1 aromatic heterocycles. The van der Waals surface area contributed by atoms with Crippen molar-refractivity contribution < 1.29 is 14.6 Å². The first-order chi connectivity index (χ1) is 10.2. The fraction of sp³-hybridized carbons (Fsp3) is 0.118. The van der Waals surface area contributed by atoms with Crippen LogP contribution in [0.5, 0.6) is 5.75 Å². The van der Waals surface area contributed by atoms with E-state index in [4.69, 9.17) is 9.84 Å². The molecule has 2 aromatic carbocycles. The summed E-state index contributed by atoms with van der Waals surface area (Å²) in [5.74, 6) is -0.0728. The summed E-state index contributed by atoms with van der Waals surface area (Å²) >= 11 is 0. The van der Waals surface area contributed by atoms with E-state index in [1.807, 2.05) is 31.2 Å². The third-order valence-corrected chi connectivity index (χ3v) is 3.35. The van der Waals surface area contributed by atoms with Crippen molar-refractivity contribution in [1.29, 1.82) is 0 Å². The molecule has 21 heavy (non-hydrogen) atoms. The van der Waals surface area contributed by atoms with Crippen LogP contribution in [0.15, 0.2) is 48.5 Å². The molecule has 106 valence electrons. The largest absolute Gasteiger partial charge is 0.494 e. The molecular formula is C17H15NO3. The topological polar surface area (TPSA) is 62.3 Å². The average Bonchev–Trinajstić information content (AvgIpc) is 2.91. The van der Waals surface area contributed by atoms with Crippen molar-refractivity contribution in [3.8, 4) is 17.0 Å². The van der Waals surface area contributed by atoms with Crippen LogP contribution >= 0.6 is 0 Å². The fourth-order valence-electron chi connectivity index (χ4n) is 2.32. The number of carboxylic acid groups (broad SMARTS) is 1. The zero-order valence-electron chi connectivity index (χ0n) is 11.6. The monoisotopic (exact) mass is 281 g/mol. The van der Waals surface area contributed by atoms with Crippen LogP contribution in [0.4, 0.5) is 0 Å². The molecule has 0 aliphatic rings. The van der Waals surface area contributed by atoms with Crippen LogP contribution in [0, 0.1) is 0 Å². The number of benzene rings is 2. The number of H-pyrrole nitrogens is 1. The van der Waals surface area contributed by atoms with E-state index in [0.29, 0.717) is 6.61 Å². The van der Waals surface area contributed by atoms with E-state index >= 15 is 0 Å². The molecule has 3 aromatic rings. The van der Waals surface area contributed by atoms with E-state index in [0.717, 1.165) is 27.9 Å². The van der Waals surface area contributed by atoms with Gasteiger partial charge >= 0.3 is 5.97 Å². The molecule has 0 aliphatic carbocycles. The molecule has 3 rings (SSSR count). The van der Waals surface area contributed by atoms with Crippen LogP contribution in [-0.4, -0.2) is 22.7 Å². The Hall–Kier alpha value is -2.75. The molecule has 0 radical (unpaired) electrons. The number of rotatable bonds is 4. The SMILES string of the molecule is CCOc1ccc2[nH]c(-c3ccc(C(=O)O)cc3)cc2c1. The first kappa shape index (κ1) is 13.2. The van der Waals surface area contributed by atoms with Crippen LogP contribution in [0.1, 0.15) is 17.3 Å². The van der Waals surface area contributed by atoms with Crippen molar-refractivity contribution in [2.24, 2.45) is 0 Å². The van der Waals surface area contributed by atoms with Crippen LogP contribution in [0.25, 0.3) is 22.2 Å². The first-order valence-electron chi connectivity index (χ1n) is 6.76. The molecule has 0 saturated carbocycles. The molecule has 0 aliphatic heterocycles. The van der Waals surface area contributed by atoms with Gasteiger partial charge in [0.05, 0.1) is 12.2 Å². The molecule has 0 amide bonds. The fourth-order valence-corrected chi connectivity index (χ4v) is 2.32. The van der Waals surface area contributed by atoms with E-state index in [1.54, 1.807) is 24.3 Å². The zero-order chi connectivity index (χ0) is 14.8. The van der Waals surface area contributed by atoms with Gasteiger partial charge in [0.1, 0.15) is 5.75 Å². The summed E-state index contributed by atoms with van der Waals surface area (Å²) in [6.45, 7) is 2.59. The lowest BCUT2D eigenvalue weighted by Crippen LogP contribution is -1.94. The Bertz CT molecular complexity index is 787. The Kier molecular flexibility index (Phi) is 3.36. The number of carboxylic acids is 1. The molecule has 0 unspecified atom stereocenters. The van der Waals surface area contributed by atoms with Crippen molar-refractivity contribution in [1.82, 2.24) is 4.98 Å². The third kappa shape index (κ3) is 2.60. The smallest absolute Gasteiger partial charge is 0.335 e. The quantitative estimate of drug-likeness (QED) is 0.761. The summed E-state index contributed by atoms with van der Waals surface area (Å²) in [6.07, 6.45) is 0. The van der Waals surface area contributed by atoms with Gasteiger partial charge in [-0.15, -0.1) is 0 Å². The lowest BCUT2D eigenvalue weighted by atomic mass is 10.1. The van der Waals surface area contributed by atoms with Gasteiger partial charge in [-0.3, -0.25) is 0 Å². The molecule has 0 saturated heterocycles. The van der Waals surface area contributed by atoms with Gasteiger partial charge in [-0.2, -0.15) is 0 Å². The van der Waals surface area contributed by atoms with Crippen molar-refractivity contribution >= 4 is 16.9 Å². The highest BCUT2D eigenvalue weighted by Crippen LogP contribution is 2.27. The second-order valence-electron chi connectivity index (χ2n) is 4.75. The number of hydrogen-bond donors (Lipinski definition) is 2. The standard InChI is InChI=1S/C17H15NO3/c1-2-21-14-7-8-15-13(9-14)10-16(18-15)11-3-5-12(6-4-11)17(19)20/h3-10,18H,2H2,1H3,(H,19,20). The summed E-state index contributed by atoms with van der Waals surface area (Å²) in [6, 6.07) is 14.8. The molecule has 0 bridgehead atoms. The second kappa shape index (κ2) is 5.32. The summed E-state index contributed by atoms with van der Waals surface area (Å²) in [5.41, 5.74) is 3.22. The highest BCUT2D eigenvalue weighted by atomic mass is 16.5. The van der Waals surface area contributed by atoms with Gasteiger partial charge in [0.25, 0.3) is 0 Å². The Morgan fingerprint density at radius 2 is 1.90 bits per heavy atom. The van der Waals surface area contributed by atoms with Crippen molar-refractivity contribution in [3.63, 3.8) is 0 Å². The Balaban J connectivity index is 1.98. The summed E-state index contributed by atoms with van der Waals surface area (Å²) < 4.78 is 5.49. The summed E-state index contributed by atoms with van der Waals surface area (Å²) in [4.78, 5) is 14.2. The van der Waals surface area contributed by atoms with Crippen molar-refractivity contribution in [3.05, 3.63) is 54.1 Å². The van der Waals surface area contributed by atoms with E-state index in [2.05, 4.69) is 4.98 Å². The zero-order valence-corrected chi connectivity index (χ0v) is 11.6. The van der Waals surface area contributed by atoms with Crippen LogP contribution in [-0.2, 0) is 0 Å². The van der Waals surface area contributed by atoms with Gasteiger partial charge < -0.3 is 14.8 Å². The molecule has 0 spiro atoms. The van der Waals surface area contributed by atoms with Crippen LogP contribution in [0.2, 0.25) is 0 Å². The summed E-state index contributed by atoms with van der Waals surface area (Å²) in [7, 11) is 0. The van der Waals surface area contributed by atoms with Gasteiger partial charge in [-0.05, 0) is 48.9 Å². The number of fused-ring (bicyclic) bond motifs is 1. The number of aromatic nitrogens is 1. The van der Waals surface area contributed by atoms with E-state index < -0.39 is 5.97 Å². The number of ether oxygens (including phenoxy) is 1. The minimum absolute atomic E-state index is 0.286. The maximum absolute atomic E-state index is 10.9. The first-order valence-corrected chi connectivity index (χ1v) is 6.76. The van der Waals surface area contributed by atoms with Crippen LogP contribution in [0.3, 0.4) is 0 Å². The number of aromatic amines is 1. The van der Waals surface area contributed by atoms with Gasteiger partial charge in [-0.1, -0.05) is 12.1 Å². The molecule has 0 atom stereocenters. The molecule has 2 N–H and O–H groups in total. The predicted molar refractivity (Wildman–Crippen MR) is 81.9 cm³/mol. The average molecular weight is 281 g/mol. The molecule has 4 heteroatoms. The van der Waals surface area contributed by atoms with Crippen LogP contribution < -0.4 is 4.74 Å². The molecule has 4 nitrogen and oxygen atoms in total. The Morgan fingerprint density at radius 3 is 2.57 bits per heavy atom. The van der Waals surface area contributed by atoms with Crippen molar-refractivity contribution in [2.75, 3.05) is 6.61 Å². The van der Waals surface area contributed by atoms with Gasteiger partial charge in [0.2, 0.25) is 0 Å². The minimum Gasteiger partial charge on any atom is -0.494 e. The number of carbonyl (C=O) groups is 1. The minimum atomic E-state index is -0.917. The highest BCUT2D eigenvalue weighted by molar-refractivity contribution is 5.90. The molecular weight excluding hydrogens is 266 g/mol. The lowest BCUT2D eigenvalue weighted by Gasteiger charge is -2.01. The second-order valence-corrected chi connectivity index (χ2v) is 4.75. The maximum atomic E-state index is 10.9. The number of nitrogens with one attached hydrogen (secondary N) is 1. The normalized spacial score (nSPS) is 10.7. The van der Waals surface area contributed by atoms with Gasteiger partial charge in [-0.25, -0.2) is 4.79 Å². The lowest BCUT2D eigenvalue weighted by molar-refractivity contribution is 0.0697. The third-order valence-electron chi connectivity index (χ3n) is 3.35. The Labute approximate surface area is 122 Å². The van der Waals surface area contributed by atoms with E-state index in [1.165, 1.54) is 0 Å². The maximum Gasteiger partial charge on any atom is 0.335 e. The Morgan fingerprint density at radius 1 is 1.14 bits per heavy atom. The number of aromatic carboxylic acids is 1. The molecule has 0 fully saturated rings. The van der Waals surface area contributed by atoms with Gasteiger partial charge in [0, 0.05) is 16.6 Å². The summed E-state index contributed by atoms with van der Waals surface area (Å²) in [5, 5.41) is 9.99. The number of hydrogen-bond acceptors (Lipinski definition) is 2. The van der Waals surface area contributed by atoms with E-state index in [9.17, 15) is 4.79 Å². The van der Waals surface area contributed by atoms with Crippen molar-refractivity contribution in [2.45, 2.75) is 6.92 Å². The van der Waals surface area contributed by atoms with Gasteiger partial charge in [0.15, 0.2) is 0 Å². The van der Waals surface area contributed by atoms with E-state index in [-0.39, 0.29) is 5.56 Å².